The third kappa shape index (κ3) is 3.66. The Morgan fingerprint density at radius 3 is 2.39 bits per heavy atom. The van der Waals surface area contributed by atoms with Crippen LogP contribution in [-0.2, 0) is 17.6 Å². The number of aliphatic hydroxyl groups is 2. The summed E-state index contributed by atoms with van der Waals surface area (Å²) in [5.41, 5.74) is 0.409. The second kappa shape index (κ2) is 8.49. The second-order valence-corrected chi connectivity index (χ2v) is 9.88. The van der Waals surface area contributed by atoms with Gasteiger partial charge in [0.05, 0.1) is 6.54 Å². The van der Waals surface area contributed by atoms with Gasteiger partial charge in [-0.1, -0.05) is 12.1 Å². The monoisotopic (exact) mass is 507 g/mol. The van der Waals surface area contributed by atoms with Crippen LogP contribution >= 0.6 is 0 Å². The van der Waals surface area contributed by atoms with E-state index in [1.165, 1.54) is 0 Å². The molecule has 2 atom stereocenters. The molecule has 2 aromatic carbocycles. The Labute approximate surface area is 203 Å². The first-order chi connectivity index (χ1) is 17.0. The smallest absolute Gasteiger partial charge is 0.287 e. The number of rotatable bonds is 10. The minimum atomic E-state index is -3.78. The largest absolute Gasteiger partial charge is 0.491 e. The highest BCUT2D eigenvalue weighted by Crippen LogP contribution is 2.80. The molecule has 3 aliphatic carbocycles. The Balaban J connectivity index is 1.38. The van der Waals surface area contributed by atoms with Crippen LogP contribution in [0.4, 0.5) is 17.6 Å². The molecule has 2 bridgehead atoms. The van der Waals surface area contributed by atoms with Crippen molar-refractivity contribution in [2.75, 3.05) is 13.2 Å². The van der Waals surface area contributed by atoms with Crippen LogP contribution in [0.1, 0.15) is 30.4 Å². The molecule has 1 heterocycles. The van der Waals surface area contributed by atoms with Crippen molar-refractivity contribution in [3.05, 3.63) is 71.6 Å². The first-order valence-corrected chi connectivity index (χ1v) is 11.4. The van der Waals surface area contributed by atoms with E-state index in [2.05, 4.69) is 15.5 Å². The van der Waals surface area contributed by atoms with Crippen LogP contribution in [0.15, 0.2) is 48.8 Å². The SMILES string of the molecule is NC[C@H](O)COc1ccc(C23CC(C(F)(F)[C@@](O)(Cn4cnnn4)c4ccc(F)cc4F)(C2)C3)cc1. The Kier molecular flexibility index (Phi) is 5.80. The van der Waals surface area contributed by atoms with Crippen molar-refractivity contribution >= 4 is 0 Å². The van der Waals surface area contributed by atoms with Crippen molar-refractivity contribution in [2.24, 2.45) is 11.1 Å². The molecule has 0 aliphatic heterocycles. The van der Waals surface area contributed by atoms with E-state index in [0.717, 1.165) is 28.7 Å². The van der Waals surface area contributed by atoms with Gasteiger partial charge < -0.3 is 20.7 Å². The van der Waals surface area contributed by atoms with Crippen LogP contribution in [-0.4, -0.2) is 55.6 Å². The summed E-state index contributed by atoms with van der Waals surface area (Å²) in [5, 5.41) is 31.3. The van der Waals surface area contributed by atoms with Crippen LogP contribution in [0.3, 0.4) is 0 Å². The Bertz CT molecular complexity index is 1220. The number of benzene rings is 2. The molecule has 0 saturated heterocycles. The maximum Gasteiger partial charge on any atom is 0.287 e. The normalized spacial score (nSPS) is 25.4. The van der Waals surface area contributed by atoms with E-state index in [-0.39, 0.29) is 32.4 Å². The highest BCUT2D eigenvalue weighted by atomic mass is 19.3. The number of nitrogens with two attached hydrogens (primary N) is 1. The number of nitrogens with zero attached hydrogens (tertiary/aromatic N) is 4. The number of aromatic nitrogens is 4. The molecule has 12 heteroatoms. The van der Waals surface area contributed by atoms with Gasteiger partial charge in [0.2, 0.25) is 0 Å². The summed E-state index contributed by atoms with van der Waals surface area (Å²) in [5.74, 6) is -5.49. The van der Waals surface area contributed by atoms with Crippen molar-refractivity contribution in [1.82, 2.24) is 20.2 Å². The number of alkyl halides is 2. The highest BCUT2D eigenvalue weighted by Gasteiger charge is 2.82. The minimum absolute atomic E-state index is 0.0378. The number of hydrogen-bond donors (Lipinski definition) is 3. The average molecular weight is 507 g/mol. The molecule has 6 rings (SSSR count). The summed E-state index contributed by atoms with van der Waals surface area (Å²) in [6, 6.07) is 9.12. The van der Waals surface area contributed by atoms with Crippen molar-refractivity contribution in [3.63, 3.8) is 0 Å². The predicted octanol–water partition coefficient (Wildman–Crippen LogP) is 2.29. The summed E-state index contributed by atoms with van der Waals surface area (Å²) >= 11 is 0. The Hall–Kier alpha value is -3.09. The van der Waals surface area contributed by atoms with Crippen LogP contribution in [0.2, 0.25) is 0 Å². The zero-order valence-electron chi connectivity index (χ0n) is 19.1. The lowest BCUT2D eigenvalue weighted by Gasteiger charge is -2.74. The van der Waals surface area contributed by atoms with E-state index >= 15 is 8.78 Å². The third-order valence-corrected chi connectivity index (χ3v) is 7.56. The first-order valence-electron chi connectivity index (χ1n) is 11.4. The number of ether oxygens (including phenoxy) is 1. The summed E-state index contributed by atoms with van der Waals surface area (Å²) in [6.07, 6.45) is 0.504. The quantitative estimate of drug-likeness (QED) is 0.360. The van der Waals surface area contributed by atoms with E-state index in [1.54, 1.807) is 24.3 Å². The summed E-state index contributed by atoms with van der Waals surface area (Å²) in [7, 11) is 0. The fourth-order valence-corrected chi connectivity index (χ4v) is 5.70. The fourth-order valence-electron chi connectivity index (χ4n) is 5.70. The van der Waals surface area contributed by atoms with Crippen LogP contribution in [0, 0.1) is 17.0 Å². The van der Waals surface area contributed by atoms with Gasteiger partial charge in [-0.3, -0.25) is 0 Å². The zero-order valence-corrected chi connectivity index (χ0v) is 19.1. The van der Waals surface area contributed by atoms with Crippen molar-refractivity contribution in [2.45, 2.75) is 48.8 Å². The maximum absolute atomic E-state index is 16.2. The molecule has 0 amide bonds. The average Bonchev–Trinajstić information content (AvgIpc) is 3.29. The Morgan fingerprint density at radius 1 is 1.11 bits per heavy atom. The lowest BCUT2D eigenvalue weighted by molar-refractivity contribution is -0.347. The van der Waals surface area contributed by atoms with E-state index in [1.807, 2.05) is 0 Å². The van der Waals surface area contributed by atoms with Gasteiger partial charge in [-0.2, -0.15) is 0 Å². The molecule has 0 radical (unpaired) electrons. The lowest BCUT2D eigenvalue weighted by Crippen LogP contribution is -2.76. The minimum Gasteiger partial charge on any atom is -0.491 e. The predicted molar refractivity (Wildman–Crippen MR) is 118 cm³/mol. The first kappa shape index (κ1) is 24.6. The molecule has 8 nitrogen and oxygen atoms in total. The molecule has 3 fully saturated rings. The molecule has 3 aromatic rings. The number of hydrogen-bond acceptors (Lipinski definition) is 7. The van der Waals surface area contributed by atoms with E-state index in [9.17, 15) is 19.0 Å². The van der Waals surface area contributed by atoms with Gasteiger partial charge in [-0.25, -0.2) is 22.2 Å². The summed E-state index contributed by atoms with van der Waals surface area (Å²) < 4.78 is 67.0. The molecule has 36 heavy (non-hydrogen) atoms. The molecule has 1 aromatic heterocycles. The van der Waals surface area contributed by atoms with E-state index in [4.69, 9.17) is 10.5 Å². The highest BCUT2D eigenvalue weighted by molar-refractivity contribution is 5.44. The number of tetrazole rings is 1. The summed E-state index contributed by atoms with van der Waals surface area (Å²) in [6.45, 7) is -0.708. The number of aliphatic hydroxyl groups excluding tert-OH is 1. The molecule has 4 N–H and O–H groups in total. The van der Waals surface area contributed by atoms with E-state index < -0.39 is 52.2 Å². The lowest BCUT2D eigenvalue weighted by atomic mass is 9.30. The molecule has 3 aliphatic rings. The molecule has 0 spiro atoms. The molecule has 0 unspecified atom stereocenters. The maximum atomic E-state index is 16.2. The molecule has 192 valence electrons. The van der Waals surface area contributed by atoms with Crippen LogP contribution < -0.4 is 10.5 Å². The molecular formula is C24H25F4N5O3. The van der Waals surface area contributed by atoms with Gasteiger partial charge in [-0.15, -0.1) is 5.10 Å². The van der Waals surface area contributed by atoms with Crippen molar-refractivity contribution in [3.8, 4) is 5.75 Å². The summed E-state index contributed by atoms with van der Waals surface area (Å²) in [4.78, 5) is 0. The second-order valence-electron chi connectivity index (χ2n) is 9.88. The van der Waals surface area contributed by atoms with Gasteiger partial charge in [0.1, 0.15) is 36.4 Å². The van der Waals surface area contributed by atoms with Gasteiger partial charge in [0, 0.05) is 23.6 Å². The zero-order chi connectivity index (χ0) is 25.8. The van der Waals surface area contributed by atoms with Crippen LogP contribution in [0.5, 0.6) is 5.75 Å². The molecule has 3 saturated carbocycles. The van der Waals surface area contributed by atoms with Crippen LogP contribution in [0.25, 0.3) is 0 Å². The van der Waals surface area contributed by atoms with Gasteiger partial charge in [-0.05, 0) is 64.9 Å². The van der Waals surface area contributed by atoms with Crippen molar-refractivity contribution < 1.29 is 32.5 Å². The molecular weight excluding hydrogens is 482 g/mol. The van der Waals surface area contributed by atoms with Gasteiger partial charge >= 0.3 is 0 Å². The fraction of sp³-hybridized carbons (Fsp3) is 0.458. The Morgan fingerprint density at radius 2 is 1.81 bits per heavy atom. The van der Waals surface area contributed by atoms with Gasteiger partial charge in [0.25, 0.3) is 5.92 Å². The standard InChI is InChI=1S/C24H25F4N5O3/c25-16-3-6-19(20(26)7-16)23(35,13-33-14-30-31-32-33)24(27,28)22-10-21(11-22,12-22)15-1-4-18(5-2-15)36-9-17(34)8-29/h1-7,14,17,34-35H,8-13,29H2/t17-,21?,22?,23+/m0/s1. The van der Waals surface area contributed by atoms with Crippen molar-refractivity contribution in [1.29, 1.82) is 0 Å². The van der Waals surface area contributed by atoms with Gasteiger partial charge in [0.15, 0.2) is 5.60 Å². The third-order valence-electron chi connectivity index (χ3n) is 7.56. The van der Waals surface area contributed by atoms with E-state index in [0.29, 0.717) is 11.8 Å². The topological polar surface area (TPSA) is 119 Å². The number of halogens is 4.